The zero-order chi connectivity index (χ0) is 22.3. The van der Waals surface area contributed by atoms with Gasteiger partial charge in [0.2, 0.25) is 0 Å². The number of likely N-dealkylation sites (tertiary alicyclic amines) is 1. The quantitative estimate of drug-likeness (QED) is 0.573. The minimum atomic E-state index is 0.269. The molecule has 0 saturated carbocycles. The highest BCUT2D eigenvalue weighted by atomic mass is 16.5. The second-order valence-electron chi connectivity index (χ2n) is 10.3. The molecule has 0 aliphatic carbocycles. The fourth-order valence-corrected chi connectivity index (χ4v) is 5.80. The number of hydrogen-bond acceptors (Lipinski definition) is 5. The van der Waals surface area contributed by atoms with E-state index < -0.39 is 0 Å². The van der Waals surface area contributed by atoms with Gasteiger partial charge in [0.05, 0.1) is 18.8 Å². The number of nitrogens with zero attached hydrogens (tertiary/aromatic N) is 5. The summed E-state index contributed by atoms with van der Waals surface area (Å²) in [5, 5.41) is 8.81. The minimum Gasteiger partial charge on any atom is -0.376 e. The lowest BCUT2D eigenvalue weighted by atomic mass is 9.72. The number of benzene rings is 2. The highest BCUT2D eigenvalue weighted by Crippen LogP contribution is 2.43. The second-order valence-corrected chi connectivity index (χ2v) is 10.3. The molecule has 4 heterocycles. The van der Waals surface area contributed by atoms with Crippen molar-refractivity contribution in [2.24, 2.45) is 5.41 Å². The molecule has 0 bridgehead atoms. The lowest BCUT2D eigenvalue weighted by Crippen LogP contribution is -2.71. The number of aryl methyl sites for hydroxylation is 1. The summed E-state index contributed by atoms with van der Waals surface area (Å²) in [6, 6.07) is 17.6. The molecule has 0 N–H and O–H groups in total. The van der Waals surface area contributed by atoms with Gasteiger partial charge in [0.15, 0.2) is 0 Å². The van der Waals surface area contributed by atoms with Gasteiger partial charge in [-0.1, -0.05) is 41.6 Å². The van der Waals surface area contributed by atoms with Crippen LogP contribution in [0.15, 0.2) is 54.7 Å². The standard InChI is InChI=1S/C27H33N5O/c1-21-13-23(31-19-27(20-31)17-30(18-27)14-22-7-3-2-4-8-22)10-11-25(21)26-16-32(29-28-26)15-24-9-5-6-12-33-24/h2-4,7-8,10-11,13,16,24H,5-6,9,12,14-15,17-20H2,1H3/t24-/m1/s1. The predicted molar refractivity (Wildman–Crippen MR) is 130 cm³/mol. The van der Waals surface area contributed by atoms with Crippen molar-refractivity contribution in [3.05, 3.63) is 65.9 Å². The van der Waals surface area contributed by atoms with Crippen molar-refractivity contribution in [1.29, 1.82) is 0 Å². The van der Waals surface area contributed by atoms with Crippen LogP contribution in [0.4, 0.5) is 5.69 Å². The first kappa shape index (κ1) is 20.9. The molecule has 33 heavy (non-hydrogen) atoms. The monoisotopic (exact) mass is 443 g/mol. The van der Waals surface area contributed by atoms with E-state index in [0.717, 1.165) is 44.9 Å². The van der Waals surface area contributed by atoms with E-state index in [1.807, 2.05) is 4.68 Å². The van der Waals surface area contributed by atoms with Crippen LogP contribution in [-0.2, 0) is 17.8 Å². The molecular formula is C27H33N5O. The summed E-state index contributed by atoms with van der Waals surface area (Å²) in [5.41, 5.74) is 6.61. The summed E-state index contributed by atoms with van der Waals surface area (Å²) in [4.78, 5) is 5.09. The van der Waals surface area contributed by atoms with Crippen LogP contribution in [0.2, 0.25) is 0 Å². The van der Waals surface area contributed by atoms with Crippen LogP contribution < -0.4 is 4.90 Å². The Balaban J connectivity index is 1.04. The van der Waals surface area contributed by atoms with Crippen molar-refractivity contribution in [2.45, 2.75) is 45.4 Å². The SMILES string of the molecule is Cc1cc(N2CC3(CN(Cc4ccccc4)C3)C2)ccc1-c1cn(C[C@H]2CCCCO2)nn1. The molecule has 0 radical (unpaired) electrons. The first-order valence-electron chi connectivity index (χ1n) is 12.3. The van der Waals surface area contributed by atoms with E-state index in [2.05, 4.69) is 81.8 Å². The number of anilines is 1. The maximum Gasteiger partial charge on any atom is 0.113 e. The van der Waals surface area contributed by atoms with Crippen molar-refractivity contribution in [3.8, 4) is 11.3 Å². The number of rotatable bonds is 6. The molecule has 6 nitrogen and oxygen atoms in total. The van der Waals surface area contributed by atoms with Gasteiger partial charge in [-0.15, -0.1) is 5.10 Å². The van der Waals surface area contributed by atoms with Crippen molar-refractivity contribution < 1.29 is 4.74 Å². The Bertz CT molecular complexity index is 1090. The summed E-state index contributed by atoms with van der Waals surface area (Å²) in [6.07, 6.45) is 5.87. The Morgan fingerprint density at radius 2 is 1.88 bits per heavy atom. The Hall–Kier alpha value is -2.70. The molecule has 3 aliphatic rings. The zero-order valence-electron chi connectivity index (χ0n) is 19.5. The Morgan fingerprint density at radius 1 is 1.03 bits per heavy atom. The van der Waals surface area contributed by atoms with Crippen molar-refractivity contribution in [2.75, 3.05) is 37.7 Å². The Labute approximate surface area is 196 Å². The van der Waals surface area contributed by atoms with Crippen molar-refractivity contribution >= 4 is 5.69 Å². The number of ether oxygens (including phenoxy) is 1. The van der Waals surface area contributed by atoms with Gasteiger partial charge < -0.3 is 9.64 Å². The molecule has 6 rings (SSSR count). The first-order chi connectivity index (χ1) is 16.2. The molecule has 3 fully saturated rings. The largest absolute Gasteiger partial charge is 0.376 e. The van der Waals surface area contributed by atoms with Gasteiger partial charge in [-0.3, -0.25) is 4.90 Å². The maximum absolute atomic E-state index is 5.85. The van der Waals surface area contributed by atoms with Crippen LogP contribution in [0.1, 0.15) is 30.4 Å². The maximum atomic E-state index is 5.85. The zero-order valence-corrected chi connectivity index (χ0v) is 19.5. The molecule has 6 heteroatoms. The van der Waals surface area contributed by atoms with Crippen LogP contribution >= 0.6 is 0 Å². The second kappa shape index (κ2) is 8.58. The molecular weight excluding hydrogens is 410 g/mol. The van der Waals surface area contributed by atoms with Gasteiger partial charge in [-0.05, 0) is 49.4 Å². The number of hydrogen-bond donors (Lipinski definition) is 0. The Kier molecular flexibility index (Phi) is 5.43. The van der Waals surface area contributed by atoms with Gasteiger partial charge in [-0.25, -0.2) is 4.68 Å². The average molecular weight is 444 g/mol. The van der Waals surface area contributed by atoms with E-state index in [0.29, 0.717) is 5.41 Å². The fraction of sp³-hybridized carbons (Fsp3) is 0.481. The molecule has 0 unspecified atom stereocenters. The van der Waals surface area contributed by atoms with Crippen LogP contribution in [0.5, 0.6) is 0 Å². The van der Waals surface area contributed by atoms with Gasteiger partial charge in [0.1, 0.15) is 5.69 Å². The molecule has 3 aliphatic heterocycles. The van der Waals surface area contributed by atoms with Crippen LogP contribution in [0.3, 0.4) is 0 Å². The summed E-state index contributed by atoms with van der Waals surface area (Å²) in [5.74, 6) is 0. The molecule has 0 amide bonds. The smallest absolute Gasteiger partial charge is 0.113 e. The molecule has 3 aromatic rings. The predicted octanol–water partition coefficient (Wildman–Crippen LogP) is 4.14. The third kappa shape index (κ3) is 4.30. The van der Waals surface area contributed by atoms with Crippen LogP contribution in [0.25, 0.3) is 11.3 Å². The molecule has 3 saturated heterocycles. The lowest BCUT2D eigenvalue weighted by molar-refractivity contribution is -0.0273. The van der Waals surface area contributed by atoms with E-state index in [1.54, 1.807) is 0 Å². The Morgan fingerprint density at radius 3 is 2.64 bits per heavy atom. The van der Waals surface area contributed by atoms with E-state index in [-0.39, 0.29) is 6.10 Å². The molecule has 1 spiro atoms. The van der Waals surface area contributed by atoms with Gasteiger partial charge in [0.25, 0.3) is 0 Å². The van der Waals surface area contributed by atoms with E-state index in [4.69, 9.17) is 4.74 Å². The molecule has 1 atom stereocenters. The molecule has 1 aromatic heterocycles. The molecule has 172 valence electrons. The summed E-state index contributed by atoms with van der Waals surface area (Å²) in [7, 11) is 0. The van der Waals surface area contributed by atoms with E-state index >= 15 is 0 Å². The third-order valence-corrected chi connectivity index (χ3v) is 7.47. The summed E-state index contributed by atoms with van der Waals surface area (Å²) < 4.78 is 7.79. The van der Waals surface area contributed by atoms with E-state index in [9.17, 15) is 0 Å². The minimum absolute atomic E-state index is 0.269. The highest BCUT2D eigenvalue weighted by molar-refractivity contribution is 5.67. The first-order valence-corrected chi connectivity index (χ1v) is 12.3. The van der Waals surface area contributed by atoms with Crippen LogP contribution in [-0.4, -0.2) is 58.8 Å². The third-order valence-electron chi connectivity index (χ3n) is 7.47. The normalized spacial score (nSPS) is 22.2. The summed E-state index contributed by atoms with van der Waals surface area (Å²) in [6.45, 7) is 9.67. The van der Waals surface area contributed by atoms with Crippen molar-refractivity contribution in [3.63, 3.8) is 0 Å². The van der Waals surface area contributed by atoms with E-state index in [1.165, 1.54) is 48.3 Å². The van der Waals surface area contributed by atoms with Crippen molar-refractivity contribution in [1.82, 2.24) is 19.9 Å². The van der Waals surface area contributed by atoms with Crippen LogP contribution in [0, 0.1) is 12.3 Å². The highest BCUT2D eigenvalue weighted by Gasteiger charge is 2.51. The van der Waals surface area contributed by atoms with Gasteiger partial charge >= 0.3 is 0 Å². The van der Waals surface area contributed by atoms with Gasteiger partial charge in [0, 0.05) is 56.0 Å². The van der Waals surface area contributed by atoms with Gasteiger partial charge in [-0.2, -0.15) is 0 Å². The molecule has 2 aromatic carbocycles. The summed E-state index contributed by atoms with van der Waals surface area (Å²) >= 11 is 0. The lowest BCUT2D eigenvalue weighted by Gasteiger charge is -2.61. The topological polar surface area (TPSA) is 46.4 Å². The fourth-order valence-electron chi connectivity index (χ4n) is 5.80. The average Bonchev–Trinajstić information content (AvgIpc) is 3.24. The number of aromatic nitrogens is 3.